The van der Waals surface area contributed by atoms with Gasteiger partial charge in [0.25, 0.3) is 0 Å². The van der Waals surface area contributed by atoms with Gasteiger partial charge in [-0.15, -0.1) is 0 Å². The summed E-state index contributed by atoms with van der Waals surface area (Å²) < 4.78 is 2.39. The molecule has 0 aromatic heterocycles. The van der Waals surface area contributed by atoms with Crippen molar-refractivity contribution < 1.29 is 8.97 Å². The Hall–Kier alpha value is -0.0800. The Balaban J connectivity index is 3.84. The normalized spacial score (nSPS) is 12.9. The summed E-state index contributed by atoms with van der Waals surface area (Å²) in [4.78, 5) is 0. The summed E-state index contributed by atoms with van der Waals surface area (Å²) in [5.41, 5.74) is 0. The molecule has 0 heterocycles. The second-order valence-electron chi connectivity index (χ2n) is 7.89. The van der Waals surface area contributed by atoms with Crippen molar-refractivity contribution in [2.24, 2.45) is 0 Å². The third-order valence-electron chi connectivity index (χ3n) is 4.54. The molecule has 0 radical (unpaired) electrons. The highest BCUT2D eigenvalue weighted by molar-refractivity contribution is 4.44. The zero-order chi connectivity index (χ0) is 15.5. The van der Waals surface area contributed by atoms with Crippen LogP contribution in [0.5, 0.6) is 0 Å². The minimum absolute atomic E-state index is 1.19. The van der Waals surface area contributed by atoms with Crippen molar-refractivity contribution >= 4 is 0 Å². The first-order valence-electron chi connectivity index (χ1n) is 8.97. The molecule has 0 rings (SSSR count). The van der Waals surface area contributed by atoms with Crippen LogP contribution in [0, 0.1) is 0 Å². The number of nitrogens with zero attached hydrogens (tertiary/aromatic N) is 2. The minimum atomic E-state index is 1.19. The Labute approximate surface area is 129 Å². The van der Waals surface area contributed by atoms with Gasteiger partial charge < -0.3 is 8.97 Å². The average molecular weight is 287 g/mol. The summed E-state index contributed by atoms with van der Waals surface area (Å²) in [7, 11) is 9.62. The zero-order valence-corrected chi connectivity index (χ0v) is 15.4. The molecular weight excluding hydrogens is 244 g/mol. The van der Waals surface area contributed by atoms with E-state index in [2.05, 4.69) is 42.0 Å². The number of rotatable bonds is 13. The summed E-state index contributed by atoms with van der Waals surface area (Å²) in [6, 6.07) is 0. The van der Waals surface area contributed by atoms with Crippen LogP contribution in [-0.2, 0) is 0 Å². The van der Waals surface area contributed by atoms with Gasteiger partial charge in [-0.2, -0.15) is 0 Å². The van der Waals surface area contributed by atoms with Gasteiger partial charge in [0.2, 0.25) is 0 Å². The molecule has 0 atom stereocenters. The molecule has 0 spiro atoms. The quantitative estimate of drug-likeness (QED) is 0.350. The van der Waals surface area contributed by atoms with Crippen LogP contribution in [0.1, 0.15) is 65.2 Å². The van der Waals surface area contributed by atoms with E-state index in [9.17, 15) is 0 Å². The number of unbranched alkanes of at least 4 members (excludes halogenated alkanes) is 6. The van der Waals surface area contributed by atoms with Crippen LogP contribution in [0.3, 0.4) is 0 Å². The number of quaternary nitrogens is 2. The molecular formula is C18H42N2+2. The van der Waals surface area contributed by atoms with Gasteiger partial charge in [0, 0.05) is 0 Å². The average Bonchev–Trinajstić information content (AvgIpc) is 2.38. The van der Waals surface area contributed by atoms with Crippen LogP contribution >= 0.6 is 0 Å². The van der Waals surface area contributed by atoms with Crippen molar-refractivity contribution in [3.8, 4) is 0 Å². The Kier molecular flexibility index (Phi) is 10.6. The minimum Gasteiger partial charge on any atom is -0.324 e. The SMILES string of the molecule is CCCCCC[N+](C)(C)CC[N+](C)(C)CCCCCC. The predicted octanol–water partition coefficient (Wildman–Crippen LogP) is 4.30. The first kappa shape index (κ1) is 19.9. The molecule has 0 fully saturated rings. The molecule has 2 nitrogen and oxygen atoms in total. The van der Waals surface area contributed by atoms with E-state index < -0.39 is 0 Å². The fourth-order valence-electron chi connectivity index (χ4n) is 2.70. The maximum Gasteiger partial charge on any atom is 0.128 e. The molecule has 0 amide bonds. The van der Waals surface area contributed by atoms with Crippen LogP contribution in [0.25, 0.3) is 0 Å². The van der Waals surface area contributed by atoms with Crippen molar-refractivity contribution in [1.82, 2.24) is 0 Å². The maximum atomic E-state index is 2.41. The molecule has 2 heteroatoms. The van der Waals surface area contributed by atoms with Gasteiger partial charge in [-0.1, -0.05) is 39.5 Å². The van der Waals surface area contributed by atoms with Gasteiger partial charge >= 0.3 is 0 Å². The highest BCUT2D eigenvalue weighted by Gasteiger charge is 2.22. The van der Waals surface area contributed by atoms with E-state index in [4.69, 9.17) is 0 Å². The molecule has 122 valence electrons. The lowest BCUT2D eigenvalue weighted by atomic mass is 10.2. The van der Waals surface area contributed by atoms with Gasteiger partial charge in [0.15, 0.2) is 0 Å². The molecule has 0 unspecified atom stereocenters. The number of likely N-dealkylation sites (N-methyl/N-ethyl adjacent to an activating group) is 2. The van der Waals surface area contributed by atoms with Gasteiger partial charge in [-0.3, -0.25) is 0 Å². The number of hydrogen-bond donors (Lipinski definition) is 0. The van der Waals surface area contributed by atoms with Crippen LogP contribution in [0.2, 0.25) is 0 Å². The van der Waals surface area contributed by atoms with Crippen molar-refractivity contribution in [2.75, 3.05) is 54.4 Å². The van der Waals surface area contributed by atoms with E-state index in [-0.39, 0.29) is 0 Å². The van der Waals surface area contributed by atoms with Crippen molar-refractivity contribution in [3.05, 3.63) is 0 Å². The van der Waals surface area contributed by atoms with E-state index in [0.29, 0.717) is 0 Å². The molecule has 0 aromatic rings. The highest BCUT2D eigenvalue weighted by atomic mass is 15.4. The monoisotopic (exact) mass is 286 g/mol. The molecule has 0 aromatic carbocycles. The molecule has 0 N–H and O–H groups in total. The van der Waals surface area contributed by atoms with Crippen LogP contribution < -0.4 is 0 Å². The fourth-order valence-corrected chi connectivity index (χ4v) is 2.70. The van der Waals surface area contributed by atoms with E-state index in [0.717, 1.165) is 0 Å². The molecule has 0 aliphatic carbocycles. The standard InChI is InChI=1S/C18H42N2/c1-7-9-11-13-15-19(3,4)17-18-20(5,6)16-14-12-10-8-2/h7-18H2,1-6H3/q+2. The topological polar surface area (TPSA) is 0 Å². The third-order valence-corrected chi connectivity index (χ3v) is 4.54. The molecule has 0 bridgehead atoms. The molecule has 20 heavy (non-hydrogen) atoms. The number of hydrogen-bond acceptors (Lipinski definition) is 0. The second kappa shape index (κ2) is 10.6. The Morgan fingerprint density at radius 2 is 0.800 bits per heavy atom. The summed E-state index contributed by atoms with van der Waals surface area (Å²) >= 11 is 0. The van der Waals surface area contributed by atoms with Crippen molar-refractivity contribution in [2.45, 2.75) is 65.2 Å². The Morgan fingerprint density at radius 1 is 0.450 bits per heavy atom. The first-order valence-corrected chi connectivity index (χ1v) is 8.97. The fraction of sp³-hybridized carbons (Fsp3) is 1.00. The Morgan fingerprint density at radius 3 is 1.10 bits per heavy atom. The smallest absolute Gasteiger partial charge is 0.128 e. The van der Waals surface area contributed by atoms with Crippen LogP contribution in [-0.4, -0.2) is 63.3 Å². The van der Waals surface area contributed by atoms with Crippen molar-refractivity contribution in [3.63, 3.8) is 0 Å². The van der Waals surface area contributed by atoms with E-state index in [1.54, 1.807) is 0 Å². The van der Waals surface area contributed by atoms with Gasteiger partial charge in [0.1, 0.15) is 13.1 Å². The van der Waals surface area contributed by atoms with Crippen LogP contribution in [0.15, 0.2) is 0 Å². The van der Waals surface area contributed by atoms with Gasteiger partial charge in [0.05, 0.1) is 41.3 Å². The molecule has 0 saturated heterocycles. The van der Waals surface area contributed by atoms with E-state index in [1.165, 1.54) is 86.5 Å². The lowest BCUT2D eigenvalue weighted by molar-refractivity contribution is -0.946. The summed E-state index contributed by atoms with van der Waals surface area (Å²) in [6.07, 6.45) is 11.1. The van der Waals surface area contributed by atoms with Crippen molar-refractivity contribution in [1.29, 1.82) is 0 Å². The Bertz CT molecular complexity index is 197. The third kappa shape index (κ3) is 11.7. The van der Waals surface area contributed by atoms with Gasteiger partial charge in [-0.25, -0.2) is 0 Å². The second-order valence-corrected chi connectivity index (χ2v) is 7.89. The summed E-state index contributed by atoms with van der Waals surface area (Å²) in [6.45, 7) is 9.89. The van der Waals surface area contributed by atoms with Gasteiger partial charge in [-0.05, 0) is 25.7 Å². The largest absolute Gasteiger partial charge is 0.324 e. The first-order chi connectivity index (χ1) is 9.33. The lowest BCUT2D eigenvalue weighted by Gasteiger charge is -2.36. The molecule has 0 aliphatic heterocycles. The summed E-state index contributed by atoms with van der Waals surface area (Å²) in [5, 5.41) is 0. The van der Waals surface area contributed by atoms with Crippen LogP contribution in [0.4, 0.5) is 0 Å². The maximum absolute atomic E-state index is 2.41. The highest BCUT2D eigenvalue weighted by Crippen LogP contribution is 2.09. The zero-order valence-electron chi connectivity index (χ0n) is 15.4. The molecule has 0 aliphatic rings. The van der Waals surface area contributed by atoms with E-state index >= 15 is 0 Å². The van der Waals surface area contributed by atoms with E-state index in [1.807, 2.05) is 0 Å². The molecule has 0 saturated carbocycles. The summed E-state index contributed by atoms with van der Waals surface area (Å²) in [5.74, 6) is 0. The lowest BCUT2D eigenvalue weighted by Crippen LogP contribution is -2.51. The predicted molar refractivity (Wildman–Crippen MR) is 92.0 cm³/mol.